The Morgan fingerprint density at radius 2 is 1.97 bits per heavy atom. The third kappa shape index (κ3) is 5.95. The zero-order valence-electron chi connectivity index (χ0n) is 16.5. The van der Waals surface area contributed by atoms with Gasteiger partial charge < -0.3 is 14.5 Å². The summed E-state index contributed by atoms with van der Waals surface area (Å²) in [6, 6.07) is 10.4. The number of benzene rings is 2. The molecular weight excluding hydrogens is 409 g/mol. The van der Waals surface area contributed by atoms with Crippen molar-refractivity contribution in [3.63, 3.8) is 0 Å². The van der Waals surface area contributed by atoms with Crippen LogP contribution in [0.1, 0.15) is 17.9 Å². The molecule has 3 aromatic rings. The average molecular weight is 427 g/mol. The van der Waals surface area contributed by atoms with Gasteiger partial charge in [-0.15, -0.1) is 0 Å². The smallest absolute Gasteiger partial charge is 0.306 e. The Morgan fingerprint density at radius 3 is 2.68 bits per heavy atom. The molecule has 3 rings (SSSR count). The lowest BCUT2D eigenvalue weighted by Gasteiger charge is -2.07. The number of aryl methyl sites for hydroxylation is 2. The minimum absolute atomic E-state index is 0.0771. The molecule has 1 amide bonds. The van der Waals surface area contributed by atoms with Gasteiger partial charge in [0.05, 0.1) is 23.2 Å². The maximum atomic E-state index is 13.7. The number of nitrogens with one attached hydrogen (secondary N) is 1. The lowest BCUT2D eigenvalue weighted by Crippen LogP contribution is -2.21. The molecule has 0 aliphatic carbocycles. The van der Waals surface area contributed by atoms with Crippen LogP contribution in [0.5, 0.6) is 0 Å². The van der Waals surface area contributed by atoms with Crippen LogP contribution in [-0.2, 0) is 20.7 Å². The topological polar surface area (TPSA) is 125 Å². The van der Waals surface area contributed by atoms with Gasteiger partial charge in [-0.3, -0.25) is 19.7 Å². The summed E-state index contributed by atoms with van der Waals surface area (Å²) in [4.78, 5) is 37.9. The van der Waals surface area contributed by atoms with Gasteiger partial charge in [-0.2, -0.15) is 0 Å². The lowest BCUT2D eigenvalue weighted by atomic mass is 10.1. The van der Waals surface area contributed by atoms with Crippen LogP contribution in [-0.4, -0.2) is 28.4 Å². The highest BCUT2D eigenvalue weighted by atomic mass is 19.1. The van der Waals surface area contributed by atoms with Crippen LogP contribution in [0.25, 0.3) is 11.3 Å². The molecule has 31 heavy (non-hydrogen) atoms. The Labute approximate surface area is 176 Å². The van der Waals surface area contributed by atoms with Crippen molar-refractivity contribution >= 4 is 23.3 Å². The third-order valence-electron chi connectivity index (χ3n) is 4.23. The average Bonchev–Trinajstić information content (AvgIpc) is 3.21. The molecule has 160 valence electrons. The molecule has 9 nitrogen and oxygen atoms in total. The van der Waals surface area contributed by atoms with Gasteiger partial charge in [0.1, 0.15) is 5.82 Å². The summed E-state index contributed by atoms with van der Waals surface area (Å²) in [6.07, 6.45) is 1.66. The molecule has 0 unspecified atom stereocenters. The van der Waals surface area contributed by atoms with Gasteiger partial charge in [-0.1, -0.05) is 29.8 Å². The van der Waals surface area contributed by atoms with Gasteiger partial charge in [-0.25, -0.2) is 9.37 Å². The molecule has 0 bridgehead atoms. The van der Waals surface area contributed by atoms with E-state index in [1.54, 1.807) is 6.20 Å². The molecule has 0 spiro atoms. The first kappa shape index (κ1) is 21.6. The van der Waals surface area contributed by atoms with E-state index in [4.69, 9.17) is 9.15 Å². The van der Waals surface area contributed by atoms with Gasteiger partial charge in [0, 0.05) is 24.1 Å². The molecule has 10 heteroatoms. The fraction of sp³-hybridized carbons (Fsp3) is 0.190. The molecule has 0 atom stereocenters. The highest BCUT2D eigenvalue weighted by Crippen LogP contribution is 2.22. The normalized spacial score (nSPS) is 10.5. The fourth-order valence-corrected chi connectivity index (χ4v) is 2.61. The van der Waals surface area contributed by atoms with E-state index in [0.29, 0.717) is 11.7 Å². The largest absolute Gasteiger partial charge is 0.456 e. The highest BCUT2D eigenvalue weighted by molar-refractivity contribution is 5.93. The second kappa shape index (κ2) is 9.61. The van der Waals surface area contributed by atoms with E-state index < -0.39 is 29.2 Å². The number of hydrogen-bond acceptors (Lipinski definition) is 7. The van der Waals surface area contributed by atoms with Crippen LogP contribution in [0, 0.1) is 22.9 Å². The molecule has 2 aromatic carbocycles. The van der Waals surface area contributed by atoms with Crippen LogP contribution < -0.4 is 5.32 Å². The molecule has 0 saturated carbocycles. The van der Waals surface area contributed by atoms with Crippen molar-refractivity contribution < 1.29 is 28.1 Å². The van der Waals surface area contributed by atoms with E-state index in [2.05, 4.69) is 10.3 Å². The first-order valence-electron chi connectivity index (χ1n) is 9.23. The number of esters is 1. The maximum Gasteiger partial charge on any atom is 0.306 e. The molecule has 1 aromatic heterocycles. The van der Waals surface area contributed by atoms with Crippen LogP contribution in [0.2, 0.25) is 0 Å². The van der Waals surface area contributed by atoms with Gasteiger partial charge in [-0.05, 0) is 13.0 Å². The van der Waals surface area contributed by atoms with Crippen LogP contribution >= 0.6 is 0 Å². The van der Waals surface area contributed by atoms with E-state index in [9.17, 15) is 24.1 Å². The van der Waals surface area contributed by atoms with Crippen molar-refractivity contribution in [2.75, 3.05) is 11.9 Å². The summed E-state index contributed by atoms with van der Waals surface area (Å²) in [6.45, 7) is 1.31. The number of amides is 1. The SMILES string of the molecule is Cc1ccc(-c2cnc(CCC(=O)OCC(=O)Nc3cc([N+](=O)[O-])ccc3F)o2)cc1. The number of halogens is 1. The van der Waals surface area contributed by atoms with Gasteiger partial charge in [0.15, 0.2) is 18.3 Å². The van der Waals surface area contributed by atoms with Crippen molar-refractivity contribution in [2.24, 2.45) is 0 Å². The van der Waals surface area contributed by atoms with Crippen molar-refractivity contribution in [1.82, 2.24) is 4.98 Å². The molecule has 0 aliphatic rings. The summed E-state index contributed by atoms with van der Waals surface area (Å²) >= 11 is 0. The van der Waals surface area contributed by atoms with Gasteiger partial charge in [0.25, 0.3) is 11.6 Å². The number of oxazole rings is 1. The predicted octanol–water partition coefficient (Wildman–Crippen LogP) is 3.81. The van der Waals surface area contributed by atoms with E-state index in [1.165, 1.54) is 0 Å². The quantitative estimate of drug-likeness (QED) is 0.329. The number of carbonyl (C=O) groups excluding carboxylic acids is 2. The summed E-state index contributed by atoms with van der Waals surface area (Å²) in [5.41, 5.74) is 1.21. The van der Waals surface area contributed by atoms with Crippen LogP contribution in [0.15, 0.2) is 53.1 Å². The summed E-state index contributed by atoms with van der Waals surface area (Å²) < 4.78 is 24.1. The second-order valence-corrected chi connectivity index (χ2v) is 6.61. The first-order valence-corrected chi connectivity index (χ1v) is 9.23. The van der Waals surface area contributed by atoms with E-state index >= 15 is 0 Å². The Kier molecular flexibility index (Phi) is 6.71. The second-order valence-electron chi connectivity index (χ2n) is 6.61. The van der Waals surface area contributed by atoms with Crippen molar-refractivity contribution in [3.05, 3.63) is 76.0 Å². The standard InChI is InChI=1S/C21H18FN3O6/c1-13-2-4-14(5-3-13)18-11-23-20(31-18)8-9-21(27)30-12-19(26)24-17-10-15(25(28)29)6-7-16(17)22/h2-7,10-11H,8-9,12H2,1H3,(H,24,26). The van der Waals surface area contributed by atoms with Crippen molar-refractivity contribution in [2.45, 2.75) is 19.8 Å². The number of nitro benzene ring substituents is 1. The zero-order valence-corrected chi connectivity index (χ0v) is 16.5. The van der Waals surface area contributed by atoms with Gasteiger partial charge >= 0.3 is 5.97 Å². The number of nitrogens with zero attached hydrogens (tertiary/aromatic N) is 2. The molecule has 1 heterocycles. The maximum absolute atomic E-state index is 13.7. The van der Waals surface area contributed by atoms with E-state index in [0.717, 1.165) is 29.3 Å². The Balaban J connectivity index is 1.46. The van der Waals surface area contributed by atoms with Crippen LogP contribution in [0.3, 0.4) is 0 Å². The number of rotatable bonds is 8. The zero-order chi connectivity index (χ0) is 22.4. The highest BCUT2D eigenvalue weighted by Gasteiger charge is 2.15. The number of aromatic nitrogens is 1. The molecule has 0 aliphatic heterocycles. The molecule has 0 saturated heterocycles. The number of ether oxygens (including phenoxy) is 1. The number of anilines is 1. The lowest BCUT2D eigenvalue weighted by molar-refractivity contribution is -0.384. The van der Waals surface area contributed by atoms with E-state index in [1.807, 2.05) is 31.2 Å². The van der Waals surface area contributed by atoms with Crippen LogP contribution in [0.4, 0.5) is 15.8 Å². The minimum Gasteiger partial charge on any atom is -0.456 e. The molecule has 0 radical (unpaired) electrons. The molecule has 0 fully saturated rings. The third-order valence-corrected chi connectivity index (χ3v) is 4.23. The number of non-ortho nitro benzene ring substituents is 1. The van der Waals surface area contributed by atoms with Gasteiger partial charge in [0.2, 0.25) is 0 Å². The first-order chi connectivity index (χ1) is 14.8. The molecular formula is C21H18FN3O6. The van der Waals surface area contributed by atoms with Crippen molar-refractivity contribution in [1.29, 1.82) is 0 Å². The monoisotopic (exact) mass is 427 g/mol. The number of nitro groups is 1. The molecule has 1 N–H and O–H groups in total. The van der Waals surface area contributed by atoms with Crippen molar-refractivity contribution in [3.8, 4) is 11.3 Å². The fourth-order valence-electron chi connectivity index (χ4n) is 2.61. The Bertz CT molecular complexity index is 1110. The summed E-state index contributed by atoms with van der Waals surface area (Å²) in [7, 11) is 0. The Morgan fingerprint density at radius 1 is 1.23 bits per heavy atom. The summed E-state index contributed by atoms with van der Waals surface area (Å²) in [5.74, 6) is -1.44. The predicted molar refractivity (Wildman–Crippen MR) is 108 cm³/mol. The minimum atomic E-state index is -0.849. The number of carbonyl (C=O) groups is 2. The van der Waals surface area contributed by atoms with E-state index in [-0.39, 0.29) is 24.2 Å². The number of hydrogen-bond donors (Lipinski definition) is 1. The Hall–Kier alpha value is -4.08. The summed E-state index contributed by atoms with van der Waals surface area (Å²) in [5, 5.41) is 12.9.